The Kier molecular flexibility index (Phi) is 6.07. The molecule has 0 aromatic heterocycles. The molecular weight excluding hydrogens is 407 g/mol. The third kappa shape index (κ3) is 4.55. The number of nitriles is 1. The van der Waals surface area contributed by atoms with Crippen molar-refractivity contribution in [2.45, 2.75) is 39.3 Å². The SMILES string of the molecule is CC(C)[C@H]1C(=O)N(c2ccc(C#N)cc2F)CC(=O)N1Cc1ccc(C(C)(F)F)cc1. The molecule has 0 bridgehead atoms. The van der Waals surface area contributed by atoms with E-state index in [4.69, 9.17) is 5.26 Å². The molecule has 31 heavy (non-hydrogen) atoms. The van der Waals surface area contributed by atoms with Crippen LogP contribution >= 0.6 is 0 Å². The fourth-order valence-corrected chi connectivity index (χ4v) is 3.68. The number of nitrogens with zero attached hydrogens (tertiary/aromatic N) is 3. The number of anilines is 1. The normalized spacial score (nSPS) is 17.3. The second kappa shape index (κ2) is 8.42. The minimum absolute atomic E-state index is 0.0582. The van der Waals surface area contributed by atoms with Crippen LogP contribution in [-0.4, -0.2) is 29.3 Å². The molecule has 1 atom stereocenters. The summed E-state index contributed by atoms with van der Waals surface area (Å²) in [7, 11) is 0. The summed E-state index contributed by atoms with van der Waals surface area (Å²) in [5.41, 5.74) is 0.523. The van der Waals surface area contributed by atoms with Crippen LogP contribution in [0, 0.1) is 23.1 Å². The molecule has 1 aliphatic heterocycles. The lowest BCUT2D eigenvalue weighted by molar-refractivity contribution is -0.145. The van der Waals surface area contributed by atoms with Gasteiger partial charge < -0.3 is 4.90 Å². The number of rotatable bonds is 5. The summed E-state index contributed by atoms with van der Waals surface area (Å²) in [6.45, 7) is 4.09. The molecule has 1 heterocycles. The molecule has 1 saturated heterocycles. The first-order valence-corrected chi connectivity index (χ1v) is 9.80. The maximum atomic E-state index is 14.5. The minimum Gasteiger partial charge on any atom is -0.325 e. The zero-order valence-corrected chi connectivity index (χ0v) is 17.4. The van der Waals surface area contributed by atoms with Crippen LogP contribution < -0.4 is 4.90 Å². The number of piperazine rings is 1. The van der Waals surface area contributed by atoms with E-state index >= 15 is 0 Å². The molecule has 0 radical (unpaired) electrons. The number of hydrogen-bond donors (Lipinski definition) is 0. The van der Waals surface area contributed by atoms with Crippen LogP contribution in [0.1, 0.15) is 37.5 Å². The van der Waals surface area contributed by atoms with Crippen LogP contribution in [0.5, 0.6) is 0 Å². The van der Waals surface area contributed by atoms with Crippen LogP contribution in [0.2, 0.25) is 0 Å². The molecule has 2 aromatic carbocycles. The second-order valence-corrected chi connectivity index (χ2v) is 8.00. The van der Waals surface area contributed by atoms with E-state index in [0.717, 1.165) is 17.9 Å². The van der Waals surface area contributed by atoms with Gasteiger partial charge in [-0.05, 0) is 29.7 Å². The van der Waals surface area contributed by atoms with Crippen LogP contribution in [0.4, 0.5) is 18.9 Å². The van der Waals surface area contributed by atoms with Crippen LogP contribution in [0.15, 0.2) is 42.5 Å². The highest BCUT2D eigenvalue weighted by Gasteiger charge is 2.42. The highest BCUT2D eigenvalue weighted by molar-refractivity contribution is 6.06. The maximum Gasteiger partial charge on any atom is 0.270 e. The predicted octanol–water partition coefficient (Wildman–Crippen LogP) is 4.21. The van der Waals surface area contributed by atoms with E-state index in [1.165, 1.54) is 41.3 Å². The molecule has 0 spiro atoms. The molecule has 2 aromatic rings. The number of hydrogen-bond acceptors (Lipinski definition) is 3. The molecule has 1 aliphatic rings. The molecule has 0 saturated carbocycles. The van der Waals surface area contributed by atoms with E-state index in [1.807, 2.05) is 6.07 Å². The highest BCUT2D eigenvalue weighted by atomic mass is 19.3. The fourth-order valence-electron chi connectivity index (χ4n) is 3.68. The minimum atomic E-state index is -2.97. The van der Waals surface area contributed by atoms with Crippen molar-refractivity contribution in [1.29, 1.82) is 5.26 Å². The number of carbonyl (C=O) groups is 2. The van der Waals surface area contributed by atoms with Crippen molar-refractivity contribution in [3.8, 4) is 6.07 Å². The Balaban J connectivity index is 1.88. The second-order valence-electron chi connectivity index (χ2n) is 8.00. The van der Waals surface area contributed by atoms with E-state index in [0.29, 0.717) is 5.56 Å². The molecule has 3 rings (SSSR count). The van der Waals surface area contributed by atoms with Gasteiger partial charge in [0.25, 0.3) is 11.8 Å². The summed E-state index contributed by atoms with van der Waals surface area (Å²) >= 11 is 0. The van der Waals surface area contributed by atoms with Gasteiger partial charge in [-0.1, -0.05) is 38.1 Å². The van der Waals surface area contributed by atoms with Gasteiger partial charge in [-0.3, -0.25) is 14.5 Å². The fraction of sp³-hybridized carbons (Fsp3) is 0.348. The first-order valence-electron chi connectivity index (χ1n) is 9.80. The summed E-state index contributed by atoms with van der Waals surface area (Å²) in [5.74, 6) is -4.81. The van der Waals surface area contributed by atoms with Crippen molar-refractivity contribution in [3.63, 3.8) is 0 Å². The number of carbonyl (C=O) groups excluding carboxylic acids is 2. The van der Waals surface area contributed by atoms with Gasteiger partial charge in [-0.15, -0.1) is 0 Å². The number of benzene rings is 2. The Morgan fingerprint density at radius 3 is 2.32 bits per heavy atom. The van der Waals surface area contributed by atoms with Gasteiger partial charge >= 0.3 is 0 Å². The van der Waals surface area contributed by atoms with Gasteiger partial charge in [0, 0.05) is 19.0 Å². The third-order valence-corrected chi connectivity index (χ3v) is 5.28. The van der Waals surface area contributed by atoms with E-state index in [9.17, 15) is 22.8 Å². The number of alkyl halides is 2. The van der Waals surface area contributed by atoms with Crippen molar-refractivity contribution in [1.82, 2.24) is 4.90 Å². The van der Waals surface area contributed by atoms with Gasteiger partial charge in [0.2, 0.25) is 5.91 Å². The summed E-state index contributed by atoms with van der Waals surface area (Å²) in [6, 6.07) is 10.3. The van der Waals surface area contributed by atoms with E-state index in [1.54, 1.807) is 13.8 Å². The summed E-state index contributed by atoms with van der Waals surface area (Å²) in [5, 5.41) is 8.91. The lowest BCUT2D eigenvalue weighted by Gasteiger charge is -2.42. The van der Waals surface area contributed by atoms with Crippen LogP contribution in [0.3, 0.4) is 0 Å². The molecule has 2 amide bonds. The van der Waals surface area contributed by atoms with Crippen LogP contribution in [0.25, 0.3) is 0 Å². The first-order chi connectivity index (χ1) is 14.5. The summed E-state index contributed by atoms with van der Waals surface area (Å²) in [6.07, 6.45) is 0. The predicted molar refractivity (Wildman–Crippen MR) is 109 cm³/mol. The Bertz CT molecular complexity index is 1040. The van der Waals surface area contributed by atoms with Crippen LogP contribution in [-0.2, 0) is 22.1 Å². The van der Waals surface area contributed by atoms with Gasteiger partial charge in [-0.2, -0.15) is 5.26 Å². The average Bonchev–Trinajstić information content (AvgIpc) is 2.70. The Morgan fingerprint density at radius 2 is 1.81 bits per heavy atom. The van der Waals surface area contributed by atoms with E-state index in [2.05, 4.69) is 0 Å². The molecule has 1 fully saturated rings. The standard InChI is InChI=1S/C23H22F3N3O2/c1-14(2)21-22(31)28(19-9-6-16(11-27)10-18(19)24)13-20(30)29(21)12-15-4-7-17(8-5-15)23(3,25)26/h4-10,14,21H,12-13H2,1-3H3/t21-/m0/s1. The Labute approximate surface area is 178 Å². The van der Waals surface area contributed by atoms with Gasteiger partial charge in [-0.25, -0.2) is 13.2 Å². The van der Waals surface area contributed by atoms with Crippen molar-refractivity contribution in [2.24, 2.45) is 5.92 Å². The monoisotopic (exact) mass is 429 g/mol. The van der Waals surface area contributed by atoms with Crippen molar-refractivity contribution < 1.29 is 22.8 Å². The Hall–Kier alpha value is -3.34. The molecule has 0 unspecified atom stereocenters. The largest absolute Gasteiger partial charge is 0.325 e. The summed E-state index contributed by atoms with van der Waals surface area (Å²) in [4.78, 5) is 28.7. The number of amides is 2. The third-order valence-electron chi connectivity index (χ3n) is 5.28. The van der Waals surface area contributed by atoms with E-state index < -0.39 is 23.7 Å². The van der Waals surface area contributed by atoms with E-state index in [-0.39, 0.29) is 41.7 Å². The van der Waals surface area contributed by atoms with Crippen molar-refractivity contribution in [3.05, 3.63) is 65.0 Å². The van der Waals surface area contributed by atoms with Crippen molar-refractivity contribution in [2.75, 3.05) is 11.4 Å². The zero-order valence-electron chi connectivity index (χ0n) is 17.4. The highest BCUT2D eigenvalue weighted by Crippen LogP contribution is 2.30. The molecule has 8 heteroatoms. The van der Waals surface area contributed by atoms with Gasteiger partial charge in [0.1, 0.15) is 18.4 Å². The smallest absolute Gasteiger partial charge is 0.270 e. The summed E-state index contributed by atoms with van der Waals surface area (Å²) < 4.78 is 41.4. The molecule has 162 valence electrons. The van der Waals surface area contributed by atoms with Gasteiger partial charge in [0.15, 0.2) is 0 Å². The first kappa shape index (κ1) is 22.3. The number of halogens is 3. The zero-order chi connectivity index (χ0) is 22.9. The average molecular weight is 429 g/mol. The lowest BCUT2D eigenvalue weighted by atomic mass is 9.96. The van der Waals surface area contributed by atoms with Gasteiger partial charge in [0.05, 0.1) is 17.3 Å². The molecular formula is C23H22F3N3O2. The maximum absolute atomic E-state index is 14.5. The molecule has 0 N–H and O–H groups in total. The molecule has 5 nitrogen and oxygen atoms in total. The Morgan fingerprint density at radius 1 is 1.16 bits per heavy atom. The lowest BCUT2D eigenvalue weighted by Crippen LogP contribution is -2.61. The molecule has 0 aliphatic carbocycles. The topological polar surface area (TPSA) is 64.4 Å². The van der Waals surface area contributed by atoms with Crippen molar-refractivity contribution >= 4 is 17.5 Å². The quantitative estimate of drug-likeness (QED) is 0.715.